The first-order valence-electron chi connectivity index (χ1n) is 7.28. The molecule has 5 heteroatoms. The molecule has 2 heterocycles. The number of nitrogens with zero attached hydrogens (tertiary/aromatic N) is 3. The van der Waals surface area contributed by atoms with Crippen molar-refractivity contribution < 1.29 is 4.74 Å². The fourth-order valence-corrected chi connectivity index (χ4v) is 2.19. The number of aromatic nitrogens is 3. The minimum absolute atomic E-state index is 0.587. The molecule has 5 nitrogen and oxygen atoms in total. The van der Waals surface area contributed by atoms with Gasteiger partial charge in [0, 0.05) is 36.8 Å². The summed E-state index contributed by atoms with van der Waals surface area (Å²) < 4.78 is 7.71. The molecule has 1 aromatic carbocycles. The predicted octanol–water partition coefficient (Wildman–Crippen LogP) is 3.70. The van der Waals surface area contributed by atoms with Crippen molar-refractivity contribution in [2.24, 2.45) is 0 Å². The largest absolute Gasteiger partial charge is 0.439 e. The summed E-state index contributed by atoms with van der Waals surface area (Å²) in [6.07, 6.45) is 3.53. The Morgan fingerprint density at radius 2 is 2.05 bits per heavy atom. The quantitative estimate of drug-likeness (QED) is 0.753. The fourth-order valence-electron chi connectivity index (χ4n) is 2.19. The van der Waals surface area contributed by atoms with E-state index in [9.17, 15) is 0 Å². The van der Waals surface area contributed by atoms with E-state index in [0.717, 1.165) is 30.2 Å². The number of pyridine rings is 1. The fraction of sp³-hybridized carbons (Fsp3) is 0.176. The number of hydrogen-bond donors (Lipinski definition) is 1. The van der Waals surface area contributed by atoms with Gasteiger partial charge >= 0.3 is 0 Å². The Labute approximate surface area is 129 Å². The Balaban J connectivity index is 1.66. The first-order valence-corrected chi connectivity index (χ1v) is 7.28. The predicted molar refractivity (Wildman–Crippen MR) is 86.0 cm³/mol. The third-order valence-electron chi connectivity index (χ3n) is 3.27. The zero-order valence-electron chi connectivity index (χ0n) is 12.4. The van der Waals surface area contributed by atoms with Crippen LogP contribution in [0.5, 0.6) is 11.6 Å². The van der Waals surface area contributed by atoms with Gasteiger partial charge in [-0.1, -0.05) is 12.1 Å². The van der Waals surface area contributed by atoms with E-state index >= 15 is 0 Å². The average molecular weight is 294 g/mol. The number of benzene rings is 1. The van der Waals surface area contributed by atoms with Gasteiger partial charge in [-0.3, -0.25) is 4.68 Å². The Bertz CT molecular complexity index is 724. The van der Waals surface area contributed by atoms with E-state index in [2.05, 4.69) is 22.3 Å². The van der Waals surface area contributed by atoms with Crippen molar-refractivity contribution in [3.8, 4) is 11.6 Å². The van der Waals surface area contributed by atoms with Crippen molar-refractivity contribution in [2.45, 2.75) is 20.0 Å². The molecular weight excluding hydrogens is 276 g/mol. The molecule has 0 amide bonds. The van der Waals surface area contributed by atoms with E-state index in [1.807, 2.05) is 59.4 Å². The van der Waals surface area contributed by atoms with Crippen molar-refractivity contribution in [2.75, 3.05) is 5.32 Å². The molecule has 0 aliphatic carbocycles. The lowest BCUT2D eigenvalue weighted by Gasteiger charge is -2.10. The van der Waals surface area contributed by atoms with Gasteiger partial charge in [-0.2, -0.15) is 5.10 Å². The van der Waals surface area contributed by atoms with Gasteiger partial charge < -0.3 is 10.1 Å². The van der Waals surface area contributed by atoms with Crippen molar-refractivity contribution in [3.05, 3.63) is 66.6 Å². The van der Waals surface area contributed by atoms with Crippen LogP contribution in [0.2, 0.25) is 0 Å². The molecule has 0 unspecified atom stereocenters. The first-order chi connectivity index (χ1) is 10.8. The molecule has 0 aliphatic rings. The van der Waals surface area contributed by atoms with Crippen molar-refractivity contribution >= 4 is 5.69 Å². The highest BCUT2D eigenvalue weighted by molar-refractivity contribution is 5.49. The van der Waals surface area contributed by atoms with Gasteiger partial charge in [-0.25, -0.2) is 4.98 Å². The normalized spacial score (nSPS) is 10.4. The molecule has 3 rings (SSSR count). The molecule has 0 spiro atoms. The zero-order chi connectivity index (χ0) is 15.2. The van der Waals surface area contributed by atoms with Crippen LogP contribution in [0.15, 0.2) is 60.9 Å². The minimum atomic E-state index is 0.587. The van der Waals surface area contributed by atoms with Crippen LogP contribution in [0, 0.1) is 0 Å². The van der Waals surface area contributed by atoms with Crippen LogP contribution in [-0.4, -0.2) is 14.8 Å². The molecule has 112 valence electrons. The summed E-state index contributed by atoms with van der Waals surface area (Å²) in [4.78, 5) is 4.16. The number of aryl methyl sites for hydroxylation is 1. The second-order valence-electron chi connectivity index (χ2n) is 4.79. The van der Waals surface area contributed by atoms with Crippen molar-refractivity contribution in [1.29, 1.82) is 0 Å². The molecule has 3 aromatic rings. The lowest BCUT2D eigenvalue weighted by atomic mass is 10.3. The summed E-state index contributed by atoms with van der Waals surface area (Å²) in [6, 6.07) is 15.5. The van der Waals surface area contributed by atoms with Crippen LogP contribution in [0.4, 0.5) is 5.69 Å². The standard InChI is InChI=1S/C17H18N4O/c1-2-21-15(9-11-20-21)13-19-14-6-5-7-16(12-14)22-17-8-3-4-10-18-17/h3-12,19H,2,13H2,1H3. The third kappa shape index (κ3) is 3.44. The summed E-state index contributed by atoms with van der Waals surface area (Å²) >= 11 is 0. The number of hydrogen-bond acceptors (Lipinski definition) is 4. The van der Waals surface area contributed by atoms with Gasteiger partial charge in [0.15, 0.2) is 0 Å². The smallest absolute Gasteiger partial charge is 0.219 e. The SMILES string of the molecule is CCn1nccc1CNc1cccc(Oc2ccccn2)c1. The highest BCUT2D eigenvalue weighted by Crippen LogP contribution is 2.22. The molecule has 0 saturated carbocycles. The highest BCUT2D eigenvalue weighted by atomic mass is 16.5. The van der Waals surface area contributed by atoms with Gasteiger partial charge in [0.2, 0.25) is 5.88 Å². The van der Waals surface area contributed by atoms with Crippen LogP contribution in [-0.2, 0) is 13.1 Å². The van der Waals surface area contributed by atoms with Gasteiger partial charge in [-0.05, 0) is 31.2 Å². The van der Waals surface area contributed by atoms with Gasteiger partial charge in [-0.15, -0.1) is 0 Å². The monoisotopic (exact) mass is 294 g/mol. The topological polar surface area (TPSA) is 52.0 Å². The van der Waals surface area contributed by atoms with E-state index in [0.29, 0.717) is 5.88 Å². The Hall–Kier alpha value is -2.82. The summed E-state index contributed by atoms with van der Waals surface area (Å²) in [7, 11) is 0. The van der Waals surface area contributed by atoms with Gasteiger partial charge in [0.25, 0.3) is 0 Å². The Morgan fingerprint density at radius 1 is 1.09 bits per heavy atom. The number of ether oxygens (including phenoxy) is 1. The summed E-state index contributed by atoms with van der Waals surface area (Å²) in [5.41, 5.74) is 2.15. The van der Waals surface area contributed by atoms with E-state index < -0.39 is 0 Å². The van der Waals surface area contributed by atoms with E-state index in [1.165, 1.54) is 0 Å². The van der Waals surface area contributed by atoms with E-state index in [4.69, 9.17) is 4.74 Å². The van der Waals surface area contributed by atoms with Crippen LogP contribution < -0.4 is 10.1 Å². The molecule has 0 saturated heterocycles. The van der Waals surface area contributed by atoms with Crippen LogP contribution in [0.1, 0.15) is 12.6 Å². The maximum absolute atomic E-state index is 5.73. The number of anilines is 1. The second-order valence-corrected chi connectivity index (χ2v) is 4.79. The lowest BCUT2D eigenvalue weighted by Crippen LogP contribution is -2.07. The maximum Gasteiger partial charge on any atom is 0.219 e. The molecule has 0 radical (unpaired) electrons. The Kier molecular flexibility index (Phi) is 4.34. The summed E-state index contributed by atoms with van der Waals surface area (Å²) in [5.74, 6) is 1.34. The van der Waals surface area contributed by atoms with E-state index in [1.54, 1.807) is 6.20 Å². The molecule has 22 heavy (non-hydrogen) atoms. The molecule has 1 N–H and O–H groups in total. The molecule has 0 bridgehead atoms. The molecule has 0 atom stereocenters. The van der Waals surface area contributed by atoms with Crippen LogP contribution in [0.25, 0.3) is 0 Å². The lowest BCUT2D eigenvalue weighted by molar-refractivity contribution is 0.463. The number of nitrogens with one attached hydrogen (secondary N) is 1. The molecular formula is C17H18N4O. The third-order valence-corrected chi connectivity index (χ3v) is 3.27. The average Bonchev–Trinajstić information content (AvgIpc) is 3.02. The summed E-state index contributed by atoms with van der Waals surface area (Å²) in [6.45, 7) is 3.67. The highest BCUT2D eigenvalue weighted by Gasteiger charge is 2.02. The second kappa shape index (κ2) is 6.76. The minimum Gasteiger partial charge on any atom is -0.439 e. The molecule has 0 fully saturated rings. The Morgan fingerprint density at radius 3 is 2.86 bits per heavy atom. The first kappa shape index (κ1) is 14.1. The van der Waals surface area contributed by atoms with E-state index in [-0.39, 0.29) is 0 Å². The summed E-state index contributed by atoms with van der Waals surface area (Å²) in [5, 5.41) is 7.65. The molecule has 0 aliphatic heterocycles. The van der Waals surface area contributed by atoms with Crippen molar-refractivity contribution in [1.82, 2.24) is 14.8 Å². The van der Waals surface area contributed by atoms with Crippen LogP contribution in [0.3, 0.4) is 0 Å². The number of rotatable bonds is 6. The van der Waals surface area contributed by atoms with Gasteiger partial charge in [0.05, 0.1) is 12.2 Å². The zero-order valence-corrected chi connectivity index (χ0v) is 12.4. The molecule has 2 aromatic heterocycles. The maximum atomic E-state index is 5.73. The van der Waals surface area contributed by atoms with Gasteiger partial charge in [0.1, 0.15) is 5.75 Å². The van der Waals surface area contributed by atoms with Crippen molar-refractivity contribution in [3.63, 3.8) is 0 Å². The van der Waals surface area contributed by atoms with Crippen LogP contribution >= 0.6 is 0 Å².